The summed E-state index contributed by atoms with van der Waals surface area (Å²) in [6, 6.07) is 8.66. The summed E-state index contributed by atoms with van der Waals surface area (Å²) >= 11 is 1.22. The highest BCUT2D eigenvalue weighted by atomic mass is 32.2. The van der Waals surface area contributed by atoms with Crippen molar-refractivity contribution in [3.63, 3.8) is 0 Å². The van der Waals surface area contributed by atoms with Gasteiger partial charge in [0.1, 0.15) is 5.03 Å². The number of nitrogens with one attached hydrogen (secondary N) is 1. The van der Waals surface area contributed by atoms with Crippen LogP contribution in [0.2, 0.25) is 0 Å². The molecule has 0 aliphatic heterocycles. The third-order valence-electron chi connectivity index (χ3n) is 2.33. The van der Waals surface area contributed by atoms with Crippen LogP contribution in [0.15, 0.2) is 41.7 Å². The molecule has 0 spiro atoms. The van der Waals surface area contributed by atoms with Gasteiger partial charge >= 0.3 is 0 Å². The minimum absolute atomic E-state index is 0.176. The van der Waals surface area contributed by atoms with E-state index in [2.05, 4.69) is 15.3 Å². The number of nitrogens with two attached hydrogens (primary N) is 1. The van der Waals surface area contributed by atoms with Crippen LogP contribution in [0.4, 0.5) is 11.5 Å². The van der Waals surface area contributed by atoms with Gasteiger partial charge in [-0.25, -0.2) is 9.97 Å². The van der Waals surface area contributed by atoms with Crippen molar-refractivity contribution in [2.24, 2.45) is 0 Å². The molecule has 2 rings (SSSR count). The molecule has 100 valence electrons. The van der Waals surface area contributed by atoms with E-state index in [-0.39, 0.29) is 11.7 Å². The van der Waals surface area contributed by atoms with Crippen molar-refractivity contribution in [2.45, 2.75) is 5.03 Å². The van der Waals surface area contributed by atoms with E-state index in [1.54, 1.807) is 24.3 Å². The van der Waals surface area contributed by atoms with E-state index in [1.807, 2.05) is 6.07 Å². The van der Waals surface area contributed by atoms with Crippen molar-refractivity contribution in [3.05, 3.63) is 42.2 Å². The molecule has 0 radical (unpaired) electrons. The van der Waals surface area contributed by atoms with Gasteiger partial charge in [-0.3, -0.25) is 4.79 Å². The molecule has 0 bridgehead atoms. The monoisotopic (exact) mass is 285 g/mol. The predicted octanol–water partition coefficient (Wildman–Crippen LogP) is 1.66. The maximum atomic E-state index is 11.8. The maximum Gasteiger partial charge on any atom is 0.234 e. The number of thioether (sulfide) groups is 1. The Balaban J connectivity index is 1.89. The van der Waals surface area contributed by atoms with Crippen LogP contribution >= 0.6 is 11.8 Å². The molecule has 1 aromatic carbocycles. The molecule has 0 fully saturated rings. The fraction of sp³-hybridized carbons (Fsp3) is 0.0769. The average Bonchev–Trinajstić information content (AvgIpc) is 2.47. The zero-order chi connectivity index (χ0) is 14.4. The second-order valence-electron chi connectivity index (χ2n) is 3.77. The zero-order valence-electron chi connectivity index (χ0n) is 10.4. The summed E-state index contributed by atoms with van der Waals surface area (Å²) in [6.07, 6.45) is 3.02. The van der Waals surface area contributed by atoms with Gasteiger partial charge in [0.2, 0.25) is 5.91 Å². The van der Waals surface area contributed by atoms with Crippen molar-refractivity contribution in [2.75, 3.05) is 16.8 Å². The Kier molecular flexibility index (Phi) is 4.52. The van der Waals surface area contributed by atoms with Crippen LogP contribution in [0, 0.1) is 11.3 Å². The Bertz CT molecular complexity index is 651. The molecule has 0 saturated heterocycles. The number of nitrogens with zero attached hydrogens (tertiary/aromatic N) is 3. The molecular formula is C13H11N5OS. The van der Waals surface area contributed by atoms with Gasteiger partial charge in [0.05, 0.1) is 17.4 Å². The zero-order valence-corrected chi connectivity index (χ0v) is 11.2. The van der Waals surface area contributed by atoms with Crippen LogP contribution < -0.4 is 11.1 Å². The number of carbonyl (C=O) groups is 1. The number of nitriles is 1. The summed E-state index contributed by atoms with van der Waals surface area (Å²) in [5, 5.41) is 11.9. The summed E-state index contributed by atoms with van der Waals surface area (Å²) < 4.78 is 0. The molecule has 0 saturated carbocycles. The fourth-order valence-corrected chi connectivity index (χ4v) is 2.08. The van der Waals surface area contributed by atoms with Crippen LogP contribution in [0.5, 0.6) is 0 Å². The Morgan fingerprint density at radius 1 is 1.30 bits per heavy atom. The summed E-state index contributed by atoms with van der Waals surface area (Å²) in [7, 11) is 0. The number of nitrogen functional groups attached to an aromatic ring is 1. The number of anilines is 2. The molecule has 1 amide bonds. The molecule has 6 nitrogen and oxygen atoms in total. The second kappa shape index (κ2) is 6.54. The first-order valence-electron chi connectivity index (χ1n) is 5.68. The molecule has 0 atom stereocenters. The van der Waals surface area contributed by atoms with Crippen molar-refractivity contribution in [1.82, 2.24) is 9.97 Å². The molecule has 2 aromatic rings. The van der Waals surface area contributed by atoms with Gasteiger partial charge in [0, 0.05) is 18.1 Å². The lowest BCUT2D eigenvalue weighted by molar-refractivity contribution is -0.113. The van der Waals surface area contributed by atoms with E-state index in [4.69, 9.17) is 11.0 Å². The first-order valence-corrected chi connectivity index (χ1v) is 6.67. The van der Waals surface area contributed by atoms with Gasteiger partial charge in [-0.1, -0.05) is 11.8 Å². The van der Waals surface area contributed by atoms with Gasteiger partial charge in [-0.05, 0) is 24.3 Å². The average molecular weight is 285 g/mol. The standard InChI is InChI=1S/C13H11N5OS/c14-7-9-1-3-10(4-2-9)18-11(19)8-20-13-12(15)16-5-6-17-13/h1-6H,8H2,(H2,15,16)(H,18,19). The van der Waals surface area contributed by atoms with Crippen LogP contribution in [0.3, 0.4) is 0 Å². The van der Waals surface area contributed by atoms with Crippen LogP contribution in [0.1, 0.15) is 5.56 Å². The molecule has 20 heavy (non-hydrogen) atoms. The molecule has 1 aromatic heterocycles. The maximum absolute atomic E-state index is 11.8. The quantitative estimate of drug-likeness (QED) is 0.828. The van der Waals surface area contributed by atoms with E-state index in [9.17, 15) is 4.79 Å². The van der Waals surface area contributed by atoms with E-state index < -0.39 is 0 Å². The molecule has 0 unspecified atom stereocenters. The van der Waals surface area contributed by atoms with Crippen molar-refractivity contribution >= 4 is 29.2 Å². The second-order valence-corrected chi connectivity index (χ2v) is 4.74. The van der Waals surface area contributed by atoms with E-state index in [1.165, 1.54) is 24.2 Å². The van der Waals surface area contributed by atoms with Crippen molar-refractivity contribution < 1.29 is 4.79 Å². The number of benzene rings is 1. The topological polar surface area (TPSA) is 105 Å². The Morgan fingerprint density at radius 3 is 2.65 bits per heavy atom. The van der Waals surface area contributed by atoms with E-state index in [0.717, 1.165) is 0 Å². The minimum atomic E-state index is -0.176. The number of carbonyl (C=O) groups excluding carboxylic acids is 1. The lowest BCUT2D eigenvalue weighted by Gasteiger charge is -2.05. The highest BCUT2D eigenvalue weighted by Crippen LogP contribution is 2.19. The summed E-state index contributed by atoms with van der Waals surface area (Å²) in [6.45, 7) is 0. The number of hydrogen-bond donors (Lipinski definition) is 2. The van der Waals surface area contributed by atoms with Crippen molar-refractivity contribution in [3.8, 4) is 6.07 Å². The Morgan fingerprint density at radius 2 is 2.00 bits per heavy atom. The number of hydrogen-bond acceptors (Lipinski definition) is 6. The Labute approximate surface area is 120 Å². The van der Waals surface area contributed by atoms with Gasteiger partial charge in [-0.2, -0.15) is 5.26 Å². The van der Waals surface area contributed by atoms with Crippen LogP contribution in [-0.4, -0.2) is 21.6 Å². The van der Waals surface area contributed by atoms with Gasteiger partial charge in [0.25, 0.3) is 0 Å². The minimum Gasteiger partial charge on any atom is -0.381 e. The normalized spacial score (nSPS) is 9.75. The smallest absolute Gasteiger partial charge is 0.234 e. The summed E-state index contributed by atoms with van der Waals surface area (Å²) in [5.41, 5.74) is 6.82. The lowest BCUT2D eigenvalue weighted by atomic mass is 10.2. The number of aromatic nitrogens is 2. The highest BCUT2D eigenvalue weighted by Gasteiger charge is 2.07. The molecular weight excluding hydrogens is 274 g/mol. The van der Waals surface area contributed by atoms with Gasteiger partial charge in [0.15, 0.2) is 5.82 Å². The molecule has 1 heterocycles. The summed E-state index contributed by atoms with van der Waals surface area (Å²) in [4.78, 5) is 19.7. The molecule has 0 aliphatic carbocycles. The third kappa shape index (κ3) is 3.70. The fourth-order valence-electron chi connectivity index (χ4n) is 1.41. The number of rotatable bonds is 4. The van der Waals surface area contributed by atoms with Crippen molar-refractivity contribution in [1.29, 1.82) is 5.26 Å². The van der Waals surface area contributed by atoms with Gasteiger partial charge < -0.3 is 11.1 Å². The van der Waals surface area contributed by atoms with E-state index in [0.29, 0.717) is 22.1 Å². The van der Waals surface area contributed by atoms with E-state index >= 15 is 0 Å². The SMILES string of the molecule is N#Cc1ccc(NC(=O)CSc2nccnc2N)cc1. The van der Waals surface area contributed by atoms with Gasteiger partial charge in [-0.15, -0.1) is 0 Å². The molecule has 3 N–H and O–H groups in total. The predicted molar refractivity (Wildman–Crippen MR) is 77.0 cm³/mol. The lowest BCUT2D eigenvalue weighted by Crippen LogP contribution is -2.14. The Hall–Kier alpha value is -2.59. The highest BCUT2D eigenvalue weighted by molar-refractivity contribution is 8.00. The third-order valence-corrected chi connectivity index (χ3v) is 3.32. The first kappa shape index (κ1) is 13.8. The molecule has 0 aliphatic rings. The summed E-state index contributed by atoms with van der Waals surface area (Å²) in [5.74, 6) is 0.316. The number of amides is 1. The molecule has 7 heteroatoms. The van der Waals surface area contributed by atoms with Crippen LogP contribution in [0.25, 0.3) is 0 Å². The first-order chi connectivity index (χ1) is 9.69. The largest absolute Gasteiger partial charge is 0.381 e. The van der Waals surface area contributed by atoms with Crippen LogP contribution in [-0.2, 0) is 4.79 Å².